The summed E-state index contributed by atoms with van der Waals surface area (Å²) < 4.78 is 5.88. The van der Waals surface area contributed by atoms with E-state index in [1.165, 1.54) is 43.2 Å². The minimum atomic E-state index is 0.0733. The number of aromatic nitrogens is 1. The van der Waals surface area contributed by atoms with E-state index in [2.05, 4.69) is 39.9 Å². The molecule has 1 saturated carbocycles. The summed E-state index contributed by atoms with van der Waals surface area (Å²) in [5, 5.41) is 6.34. The fourth-order valence-electron chi connectivity index (χ4n) is 4.19. The quantitative estimate of drug-likeness (QED) is 0.709. The van der Waals surface area contributed by atoms with Gasteiger partial charge in [0, 0.05) is 11.7 Å². The fourth-order valence-corrected chi connectivity index (χ4v) is 4.19. The summed E-state index contributed by atoms with van der Waals surface area (Å²) in [7, 11) is 0. The predicted molar refractivity (Wildman–Crippen MR) is 106 cm³/mol. The Bertz CT molecular complexity index is 1000. The normalized spacial score (nSPS) is 17.1. The van der Waals surface area contributed by atoms with E-state index < -0.39 is 0 Å². The summed E-state index contributed by atoms with van der Waals surface area (Å²) in [6.07, 6.45) is 7.58. The van der Waals surface area contributed by atoms with E-state index in [4.69, 9.17) is 4.42 Å². The number of nitrogens with one attached hydrogen (secondary N) is 2. The van der Waals surface area contributed by atoms with Crippen LogP contribution in [0.1, 0.15) is 48.8 Å². The molecule has 5 nitrogen and oxygen atoms in total. The third-order valence-corrected chi connectivity index (χ3v) is 5.59. The number of nitrogens with zero attached hydrogens (tertiary/aromatic N) is 1. The molecule has 0 saturated heterocycles. The zero-order valence-corrected chi connectivity index (χ0v) is 15.3. The molecule has 5 heteroatoms. The first-order valence-electron chi connectivity index (χ1n) is 9.81. The highest BCUT2D eigenvalue weighted by atomic mass is 16.4. The maximum Gasteiger partial charge on any atom is 0.295 e. The number of carbonyl (C=O) groups excluding carboxylic acids is 1. The molecule has 0 radical (unpaired) electrons. The molecule has 1 fully saturated rings. The maximum atomic E-state index is 11.5. The molecule has 138 valence electrons. The summed E-state index contributed by atoms with van der Waals surface area (Å²) >= 11 is 0. The molecule has 2 aromatic carbocycles. The Hall–Kier alpha value is -2.82. The molecule has 1 aliphatic heterocycles. The Kier molecular flexibility index (Phi) is 4.07. The van der Waals surface area contributed by atoms with Crippen LogP contribution in [-0.2, 0) is 17.6 Å². The van der Waals surface area contributed by atoms with Crippen molar-refractivity contribution in [1.29, 1.82) is 0 Å². The number of hydrogen-bond acceptors (Lipinski definition) is 4. The van der Waals surface area contributed by atoms with Gasteiger partial charge < -0.3 is 15.1 Å². The van der Waals surface area contributed by atoms with E-state index in [0.29, 0.717) is 18.5 Å². The van der Waals surface area contributed by atoms with Gasteiger partial charge >= 0.3 is 0 Å². The number of carbonyl (C=O) groups is 1. The van der Waals surface area contributed by atoms with E-state index in [1.807, 2.05) is 12.1 Å². The number of amides is 1. The van der Waals surface area contributed by atoms with Crippen molar-refractivity contribution in [1.82, 2.24) is 4.98 Å². The Morgan fingerprint density at radius 2 is 1.89 bits per heavy atom. The summed E-state index contributed by atoms with van der Waals surface area (Å²) in [5.74, 6) is 0.0733. The minimum Gasteiger partial charge on any atom is -0.424 e. The molecule has 2 heterocycles. The van der Waals surface area contributed by atoms with E-state index in [1.54, 1.807) is 0 Å². The molecule has 2 aliphatic rings. The van der Waals surface area contributed by atoms with Crippen LogP contribution in [0.4, 0.5) is 11.7 Å². The van der Waals surface area contributed by atoms with Crippen molar-refractivity contribution < 1.29 is 9.21 Å². The van der Waals surface area contributed by atoms with Crippen LogP contribution in [0.5, 0.6) is 0 Å². The van der Waals surface area contributed by atoms with Gasteiger partial charge in [0.05, 0.1) is 6.42 Å². The van der Waals surface area contributed by atoms with Crippen LogP contribution in [0.25, 0.3) is 11.1 Å². The monoisotopic (exact) mass is 361 g/mol. The molecule has 2 N–H and O–H groups in total. The second-order valence-corrected chi connectivity index (χ2v) is 7.69. The number of hydrogen-bond donors (Lipinski definition) is 2. The largest absolute Gasteiger partial charge is 0.424 e. The number of benzene rings is 2. The van der Waals surface area contributed by atoms with Gasteiger partial charge in [-0.05, 0) is 54.2 Å². The smallest absolute Gasteiger partial charge is 0.295 e. The second-order valence-electron chi connectivity index (χ2n) is 7.69. The average molecular weight is 361 g/mol. The Labute approximate surface area is 158 Å². The van der Waals surface area contributed by atoms with Crippen molar-refractivity contribution in [2.45, 2.75) is 51.0 Å². The number of anilines is 2. The summed E-state index contributed by atoms with van der Waals surface area (Å²) in [6.45, 7) is 0. The van der Waals surface area contributed by atoms with E-state index >= 15 is 0 Å². The lowest BCUT2D eigenvalue weighted by atomic mass is 9.96. The van der Waals surface area contributed by atoms with Gasteiger partial charge in [-0.1, -0.05) is 37.5 Å². The molecule has 1 amide bonds. The van der Waals surface area contributed by atoms with Gasteiger partial charge in [0.1, 0.15) is 5.52 Å². The lowest BCUT2D eigenvalue weighted by Crippen LogP contribution is -2.22. The van der Waals surface area contributed by atoms with Gasteiger partial charge in [-0.3, -0.25) is 4.79 Å². The summed E-state index contributed by atoms with van der Waals surface area (Å²) in [6, 6.07) is 13.5. The van der Waals surface area contributed by atoms with Crippen molar-refractivity contribution >= 4 is 28.7 Å². The van der Waals surface area contributed by atoms with Gasteiger partial charge in [0.2, 0.25) is 5.91 Å². The van der Waals surface area contributed by atoms with Crippen molar-refractivity contribution in [3.05, 3.63) is 53.1 Å². The Balaban J connectivity index is 1.34. The SMILES string of the molecule is O=C1Cc2cc(Cc3ccc4oc(NC5CCCCC5)nc4c3)ccc2N1. The molecule has 5 rings (SSSR count). The van der Waals surface area contributed by atoms with Gasteiger partial charge in [-0.25, -0.2) is 0 Å². The summed E-state index contributed by atoms with van der Waals surface area (Å²) in [5.41, 5.74) is 6.13. The second kappa shape index (κ2) is 6.72. The van der Waals surface area contributed by atoms with Crippen LogP contribution in [0.15, 0.2) is 40.8 Å². The third kappa shape index (κ3) is 3.42. The molecule has 0 spiro atoms. The number of oxazole rings is 1. The van der Waals surface area contributed by atoms with Crippen molar-refractivity contribution in [2.24, 2.45) is 0 Å². The van der Waals surface area contributed by atoms with Crippen LogP contribution in [0.3, 0.4) is 0 Å². The Morgan fingerprint density at radius 1 is 1.07 bits per heavy atom. The molecule has 1 aromatic heterocycles. The van der Waals surface area contributed by atoms with E-state index in [0.717, 1.165) is 28.8 Å². The molecule has 0 bridgehead atoms. The first-order chi connectivity index (χ1) is 13.2. The third-order valence-electron chi connectivity index (χ3n) is 5.59. The van der Waals surface area contributed by atoms with Crippen LogP contribution in [0, 0.1) is 0 Å². The highest BCUT2D eigenvalue weighted by molar-refractivity contribution is 5.99. The minimum absolute atomic E-state index is 0.0733. The van der Waals surface area contributed by atoms with Gasteiger partial charge in [-0.15, -0.1) is 0 Å². The molecule has 27 heavy (non-hydrogen) atoms. The van der Waals surface area contributed by atoms with Crippen molar-refractivity contribution in [3.63, 3.8) is 0 Å². The molecule has 3 aromatic rings. The Morgan fingerprint density at radius 3 is 2.78 bits per heavy atom. The lowest BCUT2D eigenvalue weighted by molar-refractivity contribution is -0.115. The van der Waals surface area contributed by atoms with Crippen LogP contribution < -0.4 is 10.6 Å². The van der Waals surface area contributed by atoms with E-state index in [-0.39, 0.29) is 5.91 Å². The highest BCUT2D eigenvalue weighted by Crippen LogP contribution is 2.27. The lowest BCUT2D eigenvalue weighted by Gasteiger charge is -2.21. The molecular formula is C22H23N3O2. The predicted octanol–water partition coefficient (Wildman–Crippen LogP) is 4.66. The zero-order chi connectivity index (χ0) is 18.2. The topological polar surface area (TPSA) is 67.2 Å². The van der Waals surface area contributed by atoms with Gasteiger partial charge in [-0.2, -0.15) is 4.98 Å². The zero-order valence-electron chi connectivity index (χ0n) is 15.3. The molecule has 0 atom stereocenters. The molecule has 1 aliphatic carbocycles. The van der Waals surface area contributed by atoms with Crippen LogP contribution in [0.2, 0.25) is 0 Å². The molecular weight excluding hydrogens is 338 g/mol. The standard InChI is InChI=1S/C22H23N3O2/c26-21-13-16-11-14(6-8-18(16)24-21)10-15-7-9-20-19(12-15)25-22(27-20)23-17-4-2-1-3-5-17/h6-9,11-12,17H,1-5,10,13H2,(H,23,25)(H,24,26). The van der Waals surface area contributed by atoms with E-state index in [9.17, 15) is 4.79 Å². The van der Waals surface area contributed by atoms with Crippen molar-refractivity contribution in [3.8, 4) is 0 Å². The van der Waals surface area contributed by atoms with Crippen molar-refractivity contribution in [2.75, 3.05) is 10.6 Å². The van der Waals surface area contributed by atoms with Crippen LogP contribution >= 0.6 is 0 Å². The van der Waals surface area contributed by atoms with Crippen LogP contribution in [-0.4, -0.2) is 16.9 Å². The van der Waals surface area contributed by atoms with Gasteiger partial charge in [0.15, 0.2) is 5.58 Å². The fraction of sp³-hybridized carbons (Fsp3) is 0.364. The molecule has 0 unspecified atom stereocenters. The number of fused-ring (bicyclic) bond motifs is 2. The van der Waals surface area contributed by atoms with Gasteiger partial charge in [0.25, 0.3) is 6.01 Å². The summed E-state index contributed by atoms with van der Waals surface area (Å²) in [4.78, 5) is 16.2. The first kappa shape index (κ1) is 16.4. The number of rotatable bonds is 4. The maximum absolute atomic E-state index is 11.5. The highest BCUT2D eigenvalue weighted by Gasteiger charge is 2.18. The average Bonchev–Trinajstić information content (AvgIpc) is 3.23. The first-order valence-corrected chi connectivity index (χ1v) is 9.81.